The number of nitrogens with one attached hydrogen (secondary N) is 1. The summed E-state index contributed by atoms with van der Waals surface area (Å²) in [5.74, 6) is -2.20. The third-order valence-corrected chi connectivity index (χ3v) is 3.41. The summed E-state index contributed by atoms with van der Waals surface area (Å²) in [5, 5.41) is 2.57. The summed E-state index contributed by atoms with van der Waals surface area (Å²) in [7, 11) is 0. The second kappa shape index (κ2) is 7.18. The van der Waals surface area contributed by atoms with E-state index >= 15 is 0 Å². The fourth-order valence-corrected chi connectivity index (χ4v) is 2.28. The third-order valence-electron chi connectivity index (χ3n) is 3.41. The lowest BCUT2D eigenvalue weighted by Crippen LogP contribution is -2.21. The van der Waals surface area contributed by atoms with Crippen LogP contribution in [0.2, 0.25) is 0 Å². The van der Waals surface area contributed by atoms with Crippen molar-refractivity contribution in [3.05, 3.63) is 58.9 Å². The number of rotatable bonds is 3. The van der Waals surface area contributed by atoms with E-state index in [1.807, 2.05) is 0 Å². The van der Waals surface area contributed by atoms with E-state index in [0.29, 0.717) is 11.3 Å². The lowest BCUT2D eigenvalue weighted by Gasteiger charge is -2.07. The largest absolute Gasteiger partial charge is 0.420 e. The summed E-state index contributed by atoms with van der Waals surface area (Å²) < 4.78 is 19.1. The highest BCUT2D eigenvalue weighted by Crippen LogP contribution is 2.26. The van der Waals surface area contributed by atoms with Gasteiger partial charge >= 0.3 is 5.97 Å². The maximum absolute atomic E-state index is 14.0. The summed E-state index contributed by atoms with van der Waals surface area (Å²) in [6, 6.07) is 8.37. The molecule has 1 aliphatic rings. The predicted octanol–water partition coefficient (Wildman–Crippen LogP) is 1.62. The number of hydrogen-bond acceptors (Lipinski definition) is 4. The van der Waals surface area contributed by atoms with E-state index in [1.165, 1.54) is 30.3 Å². The normalized spacial score (nSPS) is 11.8. The number of amides is 1. The van der Waals surface area contributed by atoms with Crippen LogP contribution >= 0.6 is 12.4 Å². The van der Waals surface area contributed by atoms with Crippen LogP contribution in [0.15, 0.2) is 41.4 Å². The lowest BCUT2D eigenvalue weighted by atomic mass is 10.1. The molecule has 0 unspecified atom stereocenters. The zero-order chi connectivity index (χ0) is 17.3. The molecule has 2 aromatic rings. The highest BCUT2D eigenvalue weighted by Gasteiger charge is 2.23. The first-order valence-corrected chi connectivity index (χ1v) is 6.96. The van der Waals surface area contributed by atoms with Crippen molar-refractivity contribution in [3.63, 3.8) is 0 Å². The van der Waals surface area contributed by atoms with Crippen LogP contribution in [0.5, 0.6) is 5.75 Å². The summed E-state index contributed by atoms with van der Waals surface area (Å²) in [5.41, 5.74) is 12.0. The molecule has 0 bridgehead atoms. The van der Waals surface area contributed by atoms with Gasteiger partial charge in [-0.3, -0.25) is 4.79 Å². The van der Waals surface area contributed by atoms with Gasteiger partial charge in [0.15, 0.2) is 17.5 Å². The standard InChI is InChI=1S/C16H13FN4O3.ClH/c17-12-6-11-9(7-20-14(11)22)5-13(12)24-15(23)8-1-3-10(4-2-8)21-16(18)19;/h1-6H,7H2,(H,20,22)(H4,18,19,21);1H. The zero-order valence-corrected chi connectivity index (χ0v) is 13.6. The molecular formula is C16H14ClFN4O3. The molecule has 0 aliphatic carbocycles. The zero-order valence-electron chi connectivity index (χ0n) is 12.8. The summed E-state index contributed by atoms with van der Waals surface area (Å²) in [4.78, 5) is 27.4. The number of ether oxygens (including phenoxy) is 1. The molecule has 0 radical (unpaired) electrons. The van der Waals surface area contributed by atoms with Gasteiger partial charge in [0, 0.05) is 12.1 Å². The monoisotopic (exact) mass is 364 g/mol. The van der Waals surface area contributed by atoms with Crippen LogP contribution in [0.4, 0.5) is 10.1 Å². The van der Waals surface area contributed by atoms with Crippen molar-refractivity contribution >= 4 is 35.9 Å². The van der Waals surface area contributed by atoms with Crippen molar-refractivity contribution in [3.8, 4) is 5.75 Å². The van der Waals surface area contributed by atoms with E-state index in [0.717, 1.165) is 6.07 Å². The van der Waals surface area contributed by atoms with Gasteiger partial charge in [0.05, 0.1) is 11.3 Å². The summed E-state index contributed by atoms with van der Waals surface area (Å²) in [6.45, 7) is 0.270. The fourth-order valence-electron chi connectivity index (χ4n) is 2.28. The smallest absolute Gasteiger partial charge is 0.343 e. The minimum Gasteiger partial charge on any atom is -0.420 e. The number of aliphatic imine (C=N–C) groups is 1. The van der Waals surface area contributed by atoms with Gasteiger partial charge in [-0.05, 0) is 42.0 Å². The average molecular weight is 365 g/mol. The molecule has 7 nitrogen and oxygen atoms in total. The van der Waals surface area contributed by atoms with Crippen LogP contribution in [0.25, 0.3) is 0 Å². The molecule has 2 aromatic carbocycles. The number of hydrogen-bond donors (Lipinski definition) is 3. The van der Waals surface area contributed by atoms with Gasteiger partial charge in [-0.25, -0.2) is 14.2 Å². The number of benzene rings is 2. The van der Waals surface area contributed by atoms with Crippen LogP contribution in [-0.2, 0) is 6.54 Å². The molecular weight excluding hydrogens is 351 g/mol. The molecule has 130 valence electrons. The highest BCUT2D eigenvalue weighted by molar-refractivity contribution is 5.98. The van der Waals surface area contributed by atoms with E-state index in [-0.39, 0.29) is 47.7 Å². The molecule has 0 spiro atoms. The number of guanidine groups is 1. The maximum atomic E-state index is 14.0. The molecule has 0 saturated heterocycles. The highest BCUT2D eigenvalue weighted by atomic mass is 35.5. The second-order valence-corrected chi connectivity index (χ2v) is 5.10. The fraction of sp³-hybridized carbons (Fsp3) is 0.0625. The Hall–Kier alpha value is -3.13. The Morgan fingerprint density at radius 1 is 1.20 bits per heavy atom. The molecule has 0 atom stereocenters. The minimum atomic E-state index is -0.781. The topological polar surface area (TPSA) is 120 Å². The second-order valence-electron chi connectivity index (χ2n) is 5.10. The summed E-state index contributed by atoms with van der Waals surface area (Å²) >= 11 is 0. The van der Waals surface area contributed by atoms with Crippen molar-refractivity contribution in [2.45, 2.75) is 6.54 Å². The van der Waals surface area contributed by atoms with Gasteiger partial charge in [-0.1, -0.05) is 0 Å². The van der Waals surface area contributed by atoms with Crippen molar-refractivity contribution < 1.29 is 18.7 Å². The Labute approximate surface area is 148 Å². The number of carbonyl (C=O) groups excluding carboxylic acids is 2. The van der Waals surface area contributed by atoms with Crippen LogP contribution in [0.3, 0.4) is 0 Å². The van der Waals surface area contributed by atoms with Crippen LogP contribution in [-0.4, -0.2) is 17.8 Å². The Bertz CT molecular complexity index is 864. The lowest BCUT2D eigenvalue weighted by molar-refractivity contribution is 0.0727. The van der Waals surface area contributed by atoms with E-state index in [1.54, 1.807) is 0 Å². The average Bonchev–Trinajstić information content (AvgIpc) is 2.88. The van der Waals surface area contributed by atoms with Gasteiger partial charge in [0.2, 0.25) is 0 Å². The third kappa shape index (κ3) is 3.86. The quantitative estimate of drug-likeness (QED) is 0.331. The molecule has 0 aromatic heterocycles. The van der Waals surface area contributed by atoms with Gasteiger partial charge in [0.25, 0.3) is 5.91 Å². The molecule has 0 saturated carbocycles. The molecule has 9 heteroatoms. The Kier molecular flexibility index (Phi) is 5.23. The van der Waals surface area contributed by atoms with Crippen LogP contribution in [0.1, 0.15) is 26.3 Å². The van der Waals surface area contributed by atoms with E-state index < -0.39 is 11.8 Å². The number of carbonyl (C=O) groups is 2. The molecule has 25 heavy (non-hydrogen) atoms. The van der Waals surface area contributed by atoms with Gasteiger partial charge < -0.3 is 21.5 Å². The molecule has 1 amide bonds. The molecule has 0 fully saturated rings. The molecule has 3 rings (SSSR count). The number of nitrogens with two attached hydrogens (primary N) is 2. The molecule has 1 heterocycles. The van der Waals surface area contributed by atoms with Gasteiger partial charge in [-0.15, -0.1) is 12.4 Å². The first-order chi connectivity index (χ1) is 11.4. The van der Waals surface area contributed by atoms with Crippen molar-refractivity contribution in [2.75, 3.05) is 0 Å². The van der Waals surface area contributed by atoms with Gasteiger partial charge in [0.1, 0.15) is 0 Å². The van der Waals surface area contributed by atoms with Crippen molar-refractivity contribution in [1.82, 2.24) is 5.32 Å². The number of halogens is 2. The van der Waals surface area contributed by atoms with Crippen LogP contribution < -0.4 is 21.5 Å². The molecule has 1 aliphatic heterocycles. The summed E-state index contributed by atoms with van der Waals surface area (Å²) in [6.07, 6.45) is 0. The SMILES string of the molecule is Cl.NC(N)=Nc1ccc(C(=O)Oc2cc3c(cc2F)C(=O)NC3)cc1. The van der Waals surface area contributed by atoms with Crippen molar-refractivity contribution in [1.29, 1.82) is 0 Å². The van der Waals surface area contributed by atoms with Crippen molar-refractivity contribution in [2.24, 2.45) is 16.5 Å². The Morgan fingerprint density at radius 3 is 2.52 bits per heavy atom. The first-order valence-electron chi connectivity index (χ1n) is 6.96. The van der Waals surface area contributed by atoms with Gasteiger partial charge in [-0.2, -0.15) is 0 Å². The Morgan fingerprint density at radius 2 is 1.88 bits per heavy atom. The number of fused-ring (bicyclic) bond motifs is 1. The van der Waals surface area contributed by atoms with E-state index in [4.69, 9.17) is 16.2 Å². The molecule has 5 N–H and O–H groups in total. The number of nitrogens with zero attached hydrogens (tertiary/aromatic N) is 1. The van der Waals surface area contributed by atoms with E-state index in [9.17, 15) is 14.0 Å². The predicted molar refractivity (Wildman–Crippen MR) is 91.7 cm³/mol. The first kappa shape index (κ1) is 18.2. The number of esters is 1. The van der Waals surface area contributed by atoms with Crippen LogP contribution in [0, 0.1) is 5.82 Å². The van der Waals surface area contributed by atoms with E-state index in [2.05, 4.69) is 10.3 Å². The maximum Gasteiger partial charge on any atom is 0.343 e. The Balaban J connectivity index is 0.00000225. The minimum absolute atomic E-state index is 0.